The van der Waals surface area contributed by atoms with Crippen molar-refractivity contribution in [2.24, 2.45) is 5.92 Å². The van der Waals surface area contributed by atoms with Gasteiger partial charge >= 0.3 is 11.9 Å². The highest BCUT2D eigenvalue weighted by atomic mass is 32.1. The van der Waals surface area contributed by atoms with Crippen LogP contribution in [0.4, 0.5) is 0 Å². The maximum atomic E-state index is 11.7. The third kappa shape index (κ3) is 4.48. The number of carbonyl (C=O) groups excluding carboxylic acids is 3. The highest BCUT2D eigenvalue weighted by molar-refractivity contribution is 7.08. The van der Waals surface area contributed by atoms with Crippen LogP contribution in [0.3, 0.4) is 0 Å². The lowest BCUT2D eigenvalue weighted by Gasteiger charge is -2.12. The van der Waals surface area contributed by atoms with Gasteiger partial charge in [0.25, 0.3) is 0 Å². The number of esters is 2. The van der Waals surface area contributed by atoms with Crippen molar-refractivity contribution >= 4 is 29.1 Å². The lowest BCUT2D eigenvalue weighted by atomic mass is 10.1. The molecule has 0 aromatic carbocycles. The van der Waals surface area contributed by atoms with Crippen LogP contribution in [0.15, 0.2) is 16.8 Å². The van der Waals surface area contributed by atoms with E-state index in [-0.39, 0.29) is 25.4 Å². The zero-order valence-corrected chi connectivity index (χ0v) is 11.7. The summed E-state index contributed by atoms with van der Waals surface area (Å²) in [7, 11) is 0. The van der Waals surface area contributed by atoms with Crippen LogP contribution in [0.5, 0.6) is 0 Å². The number of carbonyl (C=O) groups is 3. The Balaban J connectivity index is 2.49. The van der Waals surface area contributed by atoms with E-state index < -0.39 is 17.9 Å². The fraction of sp³-hybridized carbons (Fsp3) is 0.462. The Morgan fingerprint density at radius 2 is 1.89 bits per heavy atom. The zero-order chi connectivity index (χ0) is 14.3. The van der Waals surface area contributed by atoms with E-state index in [0.29, 0.717) is 5.56 Å². The van der Waals surface area contributed by atoms with Crippen LogP contribution in [-0.4, -0.2) is 30.9 Å². The molecule has 0 saturated heterocycles. The summed E-state index contributed by atoms with van der Waals surface area (Å²) in [6, 6.07) is 1.66. The van der Waals surface area contributed by atoms with Crippen molar-refractivity contribution in [3.63, 3.8) is 0 Å². The quantitative estimate of drug-likeness (QED) is 0.435. The molecule has 0 aliphatic heterocycles. The van der Waals surface area contributed by atoms with Crippen LogP contribution in [0.25, 0.3) is 0 Å². The molecule has 1 atom stereocenters. The molecule has 1 rings (SSSR count). The molecular weight excluding hydrogens is 268 g/mol. The van der Waals surface area contributed by atoms with E-state index in [2.05, 4.69) is 0 Å². The first-order chi connectivity index (χ1) is 9.10. The second-order valence-electron chi connectivity index (χ2n) is 3.76. The molecule has 1 unspecified atom stereocenters. The van der Waals surface area contributed by atoms with Gasteiger partial charge in [-0.1, -0.05) is 6.92 Å². The van der Waals surface area contributed by atoms with Gasteiger partial charge in [0.2, 0.25) is 5.78 Å². The predicted molar refractivity (Wildman–Crippen MR) is 70.0 cm³/mol. The Kier molecular flexibility index (Phi) is 6.21. The van der Waals surface area contributed by atoms with E-state index in [1.54, 1.807) is 30.7 Å². The maximum absolute atomic E-state index is 11.7. The van der Waals surface area contributed by atoms with E-state index in [4.69, 9.17) is 9.47 Å². The highest BCUT2D eigenvalue weighted by Gasteiger charge is 2.28. The summed E-state index contributed by atoms with van der Waals surface area (Å²) in [4.78, 5) is 34.8. The molecule has 104 valence electrons. The Morgan fingerprint density at radius 3 is 2.42 bits per heavy atom. The van der Waals surface area contributed by atoms with Crippen LogP contribution < -0.4 is 0 Å². The summed E-state index contributed by atoms with van der Waals surface area (Å²) in [6.07, 6.45) is 0.282. The number of Topliss-reactive ketones (excluding diaryl/α,β-unsaturated/α-hetero) is 1. The van der Waals surface area contributed by atoms with E-state index in [1.165, 1.54) is 11.3 Å². The first kappa shape index (κ1) is 15.4. The van der Waals surface area contributed by atoms with E-state index in [0.717, 1.165) is 0 Å². The second-order valence-corrected chi connectivity index (χ2v) is 4.54. The summed E-state index contributed by atoms with van der Waals surface area (Å²) in [5, 5.41) is 3.45. The number of ether oxygens (including phenoxy) is 2. The van der Waals surface area contributed by atoms with Crippen molar-refractivity contribution in [1.29, 1.82) is 0 Å². The molecule has 6 heteroatoms. The third-order valence-electron chi connectivity index (χ3n) is 2.45. The number of rotatable bonds is 7. The van der Waals surface area contributed by atoms with Crippen LogP contribution in [0.1, 0.15) is 30.6 Å². The summed E-state index contributed by atoms with van der Waals surface area (Å²) in [5.74, 6) is -2.58. The van der Waals surface area contributed by atoms with Gasteiger partial charge < -0.3 is 9.47 Å². The predicted octanol–water partition coefficient (Wildman–Crippen LogP) is 2.06. The highest BCUT2D eigenvalue weighted by Crippen LogP contribution is 2.10. The lowest BCUT2D eigenvalue weighted by molar-refractivity contribution is -0.161. The van der Waals surface area contributed by atoms with E-state index >= 15 is 0 Å². The van der Waals surface area contributed by atoms with Gasteiger partial charge in [0.1, 0.15) is 0 Å². The van der Waals surface area contributed by atoms with Gasteiger partial charge in [-0.2, -0.15) is 11.3 Å². The van der Waals surface area contributed by atoms with Crippen LogP contribution in [-0.2, 0) is 19.1 Å². The molecule has 19 heavy (non-hydrogen) atoms. The fourth-order valence-corrected chi connectivity index (χ4v) is 2.08. The zero-order valence-electron chi connectivity index (χ0n) is 10.9. The average Bonchev–Trinajstić information content (AvgIpc) is 2.91. The topological polar surface area (TPSA) is 69.7 Å². The minimum Gasteiger partial charge on any atom is -0.465 e. The molecule has 0 bridgehead atoms. The maximum Gasteiger partial charge on any atom is 0.320 e. The molecule has 0 saturated carbocycles. The van der Waals surface area contributed by atoms with Gasteiger partial charge in [0, 0.05) is 10.9 Å². The fourth-order valence-electron chi connectivity index (χ4n) is 1.42. The molecule has 0 N–H and O–H groups in total. The summed E-state index contributed by atoms with van der Waals surface area (Å²) < 4.78 is 9.64. The molecule has 0 amide bonds. The smallest absolute Gasteiger partial charge is 0.320 e. The normalized spacial score (nSPS) is 11.7. The SMILES string of the molecule is CCOC(=O)C(CC)C(=O)OCC(=O)c1ccsc1. The molecule has 1 heterocycles. The van der Waals surface area contributed by atoms with Gasteiger partial charge in [-0.05, 0) is 24.8 Å². The van der Waals surface area contributed by atoms with Crippen molar-refractivity contribution in [2.45, 2.75) is 20.3 Å². The first-order valence-corrected chi connectivity index (χ1v) is 6.93. The van der Waals surface area contributed by atoms with Gasteiger partial charge in [-0.3, -0.25) is 14.4 Å². The van der Waals surface area contributed by atoms with Crippen molar-refractivity contribution < 1.29 is 23.9 Å². The summed E-state index contributed by atoms with van der Waals surface area (Å²) in [6.45, 7) is 3.20. The minimum absolute atomic E-state index is 0.205. The summed E-state index contributed by atoms with van der Waals surface area (Å²) in [5.41, 5.74) is 0.502. The van der Waals surface area contributed by atoms with E-state index in [9.17, 15) is 14.4 Å². The third-order valence-corrected chi connectivity index (χ3v) is 3.14. The monoisotopic (exact) mass is 284 g/mol. The molecule has 0 radical (unpaired) electrons. The Labute approximate surface area is 115 Å². The molecule has 0 aliphatic rings. The Hall–Kier alpha value is -1.69. The van der Waals surface area contributed by atoms with Gasteiger partial charge in [-0.25, -0.2) is 0 Å². The van der Waals surface area contributed by atoms with Gasteiger partial charge in [0.15, 0.2) is 12.5 Å². The molecule has 0 fully saturated rings. The molecule has 0 aliphatic carbocycles. The molecule has 1 aromatic heterocycles. The summed E-state index contributed by atoms with van der Waals surface area (Å²) >= 11 is 1.39. The number of thiophene rings is 1. The Bertz CT molecular complexity index is 438. The minimum atomic E-state index is -0.963. The van der Waals surface area contributed by atoms with Crippen molar-refractivity contribution in [2.75, 3.05) is 13.2 Å². The Morgan fingerprint density at radius 1 is 1.21 bits per heavy atom. The van der Waals surface area contributed by atoms with Crippen molar-refractivity contribution in [3.05, 3.63) is 22.4 Å². The number of ketones is 1. The molecule has 1 aromatic rings. The van der Waals surface area contributed by atoms with E-state index in [1.807, 2.05) is 0 Å². The molecular formula is C13H16O5S. The second kappa shape index (κ2) is 7.68. The number of hydrogen-bond acceptors (Lipinski definition) is 6. The van der Waals surface area contributed by atoms with Crippen LogP contribution in [0.2, 0.25) is 0 Å². The molecule has 5 nitrogen and oxygen atoms in total. The number of hydrogen-bond donors (Lipinski definition) is 0. The lowest BCUT2D eigenvalue weighted by Crippen LogP contribution is -2.29. The molecule has 0 spiro atoms. The average molecular weight is 284 g/mol. The van der Waals surface area contributed by atoms with Crippen molar-refractivity contribution in [1.82, 2.24) is 0 Å². The van der Waals surface area contributed by atoms with Crippen molar-refractivity contribution in [3.8, 4) is 0 Å². The van der Waals surface area contributed by atoms with Crippen LogP contribution >= 0.6 is 11.3 Å². The largest absolute Gasteiger partial charge is 0.465 e. The van der Waals surface area contributed by atoms with Gasteiger partial charge in [0.05, 0.1) is 6.61 Å². The first-order valence-electron chi connectivity index (χ1n) is 5.98. The van der Waals surface area contributed by atoms with Crippen LogP contribution in [0, 0.1) is 5.92 Å². The van der Waals surface area contributed by atoms with Gasteiger partial charge in [-0.15, -0.1) is 0 Å². The standard InChI is InChI=1S/C13H16O5S/c1-3-10(12(15)17-4-2)13(16)18-7-11(14)9-5-6-19-8-9/h5-6,8,10H,3-4,7H2,1-2H3.